The lowest BCUT2D eigenvalue weighted by atomic mass is 9.92. The van der Waals surface area contributed by atoms with Crippen LogP contribution in [0.5, 0.6) is 0 Å². The minimum absolute atomic E-state index is 0.0238. The van der Waals surface area contributed by atoms with E-state index >= 15 is 0 Å². The molecule has 0 radical (unpaired) electrons. The molecule has 1 saturated heterocycles. The van der Waals surface area contributed by atoms with E-state index in [0.717, 1.165) is 30.7 Å². The highest BCUT2D eigenvalue weighted by Gasteiger charge is 2.32. The third-order valence-electron chi connectivity index (χ3n) is 5.91. The van der Waals surface area contributed by atoms with E-state index in [1.54, 1.807) is 6.07 Å². The van der Waals surface area contributed by atoms with E-state index in [0.29, 0.717) is 18.6 Å². The Balaban J connectivity index is 2.15. The molecule has 6 nitrogen and oxygen atoms in total. The maximum Gasteiger partial charge on any atom is 0.416 e. The third-order valence-corrected chi connectivity index (χ3v) is 5.91. The van der Waals surface area contributed by atoms with Crippen LogP contribution in [-0.2, 0) is 29.9 Å². The molecule has 1 aliphatic heterocycles. The average molecular weight is 494 g/mol. The molecule has 0 saturated carbocycles. The predicted octanol–water partition coefficient (Wildman–Crippen LogP) is 4.85. The smallest absolute Gasteiger partial charge is 0.386 e. The summed E-state index contributed by atoms with van der Waals surface area (Å²) < 4.78 is 49.8. The fourth-order valence-electron chi connectivity index (χ4n) is 4.08. The van der Waals surface area contributed by atoms with Crippen molar-refractivity contribution in [3.63, 3.8) is 0 Å². The van der Waals surface area contributed by atoms with Gasteiger partial charge in [-0.3, -0.25) is 14.2 Å². The van der Waals surface area contributed by atoms with Crippen molar-refractivity contribution in [2.75, 3.05) is 6.61 Å². The zero-order valence-corrected chi connectivity index (χ0v) is 21.1. The first-order chi connectivity index (χ1) is 16.1. The van der Waals surface area contributed by atoms with E-state index in [-0.39, 0.29) is 22.6 Å². The predicted molar refractivity (Wildman–Crippen MR) is 128 cm³/mol. The van der Waals surface area contributed by atoms with Gasteiger partial charge >= 0.3 is 6.18 Å². The van der Waals surface area contributed by atoms with Crippen LogP contribution in [0.1, 0.15) is 74.6 Å². The molecule has 0 spiro atoms. The summed E-state index contributed by atoms with van der Waals surface area (Å²) in [6, 6.07) is 4.75. The Bertz CT molecular complexity index is 1170. The third kappa shape index (κ3) is 6.73. The normalized spacial score (nSPS) is 18.1. The first-order valence-electron chi connectivity index (χ1n) is 11.7. The Morgan fingerprint density at radius 3 is 2.43 bits per heavy atom. The highest BCUT2D eigenvalue weighted by atomic mass is 19.4. The molecule has 0 bridgehead atoms. The molecule has 9 heteroatoms. The summed E-state index contributed by atoms with van der Waals surface area (Å²) in [5, 5.41) is 10.0. The molecule has 3 rings (SSSR count). The van der Waals surface area contributed by atoms with Gasteiger partial charge in [-0.2, -0.15) is 18.2 Å². The zero-order valence-electron chi connectivity index (χ0n) is 21.1. The number of alkyl halides is 3. The van der Waals surface area contributed by atoms with Gasteiger partial charge < -0.3 is 9.84 Å². The second-order valence-corrected chi connectivity index (χ2v) is 10.6. The van der Waals surface area contributed by atoms with Gasteiger partial charge in [-0.05, 0) is 44.4 Å². The van der Waals surface area contributed by atoms with E-state index in [1.165, 1.54) is 32.1 Å². The van der Waals surface area contributed by atoms with Gasteiger partial charge in [-0.1, -0.05) is 39.0 Å². The Morgan fingerprint density at radius 1 is 1.20 bits per heavy atom. The van der Waals surface area contributed by atoms with Gasteiger partial charge in [0.15, 0.2) is 5.49 Å². The van der Waals surface area contributed by atoms with Gasteiger partial charge in [0.1, 0.15) is 0 Å². The Kier molecular flexibility index (Phi) is 7.53. The van der Waals surface area contributed by atoms with E-state index in [2.05, 4.69) is 4.99 Å². The molecule has 1 aromatic heterocycles. The van der Waals surface area contributed by atoms with Gasteiger partial charge in [0.25, 0.3) is 5.91 Å². The van der Waals surface area contributed by atoms with Crippen LogP contribution in [0.4, 0.5) is 13.2 Å². The lowest BCUT2D eigenvalue weighted by Crippen LogP contribution is -2.30. The van der Waals surface area contributed by atoms with Crippen molar-refractivity contribution in [2.45, 2.75) is 77.3 Å². The Labute approximate surface area is 203 Å². The number of amides is 1. The molecule has 1 amide bonds. The number of hydrogen-bond donors (Lipinski definition) is 1. The number of aromatic nitrogens is 2. The fraction of sp³-hybridized carbons (Fsp3) is 0.538. The highest BCUT2D eigenvalue weighted by molar-refractivity contribution is 5.98. The van der Waals surface area contributed by atoms with Crippen molar-refractivity contribution in [1.29, 1.82) is 0 Å². The van der Waals surface area contributed by atoms with Crippen LogP contribution in [0.15, 0.2) is 35.3 Å². The van der Waals surface area contributed by atoms with Gasteiger partial charge in [0.05, 0.1) is 23.8 Å². The van der Waals surface area contributed by atoms with E-state index < -0.39 is 23.2 Å². The molecular weight excluding hydrogens is 459 g/mol. The standard InChI is InChI=1S/C26H34F3N3O3/c1-24(2,3)21-15-22(32(31(21)6)16-19-8-7-13-35-19)30-23(33)20-14-18(26(27,28)29)10-9-17(20)11-12-25(4,5)34/h9-12,14-15,19,34H,7-8,13,16H2,1-6H3/t19-/m1/s1. The van der Waals surface area contributed by atoms with Crippen LogP contribution in [0.25, 0.3) is 6.08 Å². The first kappa shape index (κ1) is 26.9. The summed E-state index contributed by atoms with van der Waals surface area (Å²) in [6.07, 6.45) is 0.0623. The average Bonchev–Trinajstić information content (AvgIpc) is 3.34. The summed E-state index contributed by atoms with van der Waals surface area (Å²) in [5.41, 5.74) is -1.06. The van der Waals surface area contributed by atoms with E-state index in [9.17, 15) is 23.1 Å². The number of halogens is 3. The van der Waals surface area contributed by atoms with Crippen molar-refractivity contribution in [2.24, 2.45) is 12.0 Å². The number of ether oxygens (including phenoxy) is 1. The molecule has 2 heterocycles. The van der Waals surface area contributed by atoms with Crippen LogP contribution < -0.4 is 5.49 Å². The van der Waals surface area contributed by atoms with Crippen molar-refractivity contribution >= 4 is 12.0 Å². The highest BCUT2D eigenvalue weighted by Crippen LogP contribution is 2.31. The number of hydrogen-bond acceptors (Lipinski definition) is 3. The maximum atomic E-state index is 13.4. The van der Waals surface area contributed by atoms with E-state index in [1.807, 2.05) is 37.2 Å². The number of carbonyl (C=O) groups excluding carboxylic acids is 1. The van der Waals surface area contributed by atoms with Crippen molar-refractivity contribution in [1.82, 2.24) is 9.36 Å². The molecular formula is C26H34F3N3O3. The number of nitrogens with zero attached hydrogens (tertiary/aromatic N) is 3. The van der Waals surface area contributed by atoms with Crippen molar-refractivity contribution in [3.05, 3.63) is 58.2 Å². The molecule has 1 aliphatic rings. The SMILES string of the molecule is Cn1c(C(C)(C)C)cc(=NC(=O)c2cc(C(F)(F)F)ccc2C=CC(C)(C)O)n1C[C@H]1CCCO1. The second-order valence-electron chi connectivity index (χ2n) is 10.6. The van der Waals surface area contributed by atoms with Crippen LogP contribution in [-0.4, -0.2) is 38.7 Å². The monoisotopic (exact) mass is 493 g/mol. The molecule has 1 N–H and O–H groups in total. The molecule has 0 unspecified atom stereocenters. The van der Waals surface area contributed by atoms with Gasteiger partial charge in [0, 0.05) is 36.4 Å². The van der Waals surface area contributed by atoms with E-state index in [4.69, 9.17) is 4.74 Å². The summed E-state index contributed by atoms with van der Waals surface area (Å²) in [5.74, 6) is -0.793. The van der Waals surface area contributed by atoms with Crippen LogP contribution in [0.3, 0.4) is 0 Å². The van der Waals surface area contributed by atoms with Gasteiger partial charge in [0.2, 0.25) is 0 Å². The summed E-state index contributed by atoms with van der Waals surface area (Å²) in [4.78, 5) is 17.6. The van der Waals surface area contributed by atoms with Crippen LogP contribution >= 0.6 is 0 Å². The van der Waals surface area contributed by atoms with Crippen LogP contribution in [0.2, 0.25) is 0 Å². The topological polar surface area (TPSA) is 68.8 Å². The number of carbonyl (C=O) groups is 1. The zero-order chi connectivity index (χ0) is 26.2. The number of benzene rings is 1. The van der Waals surface area contributed by atoms with Gasteiger partial charge in [-0.15, -0.1) is 0 Å². The Morgan fingerprint density at radius 2 is 1.89 bits per heavy atom. The molecule has 1 fully saturated rings. The minimum atomic E-state index is -4.61. The summed E-state index contributed by atoms with van der Waals surface area (Å²) in [6.45, 7) is 10.3. The molecule has 192 valence electrons. The molecule has 0 aliphatic carbocycles. The minimum Gasteiger partial charge on any atom is -0.386 e. The van der Waals surface area contributed by atoms with Crippen molar-refractivity contribution < 1.29 is 27.8 Å². The van der Waals surface area contributed by atoms with Crippen molar-refractivity contribution in [3.8, 4) is 0 Å². The van der Waals surface area contributed by atoms with Crippen LogP contribution in [0, 0.1) is 0 Å². The molecule has 1 atom stereocenters. The number of aliphatic hydroxyl groups is 1. The summed E-state index contributed by atoms with van der Waals surface area (Å²) in [7, 11) is 1.88. The quantitative estimate of drug-likeness (QED) is 0.648. The lowest BCUT2D eigenvalue weighted by molar-refractivity contribution is -0.137. The Hall–Kier alpha value is -2.65. The largest absolute Gasteiger partial charge is 0.416 e. The molecule has 1 aromatic carbocycles. The molecule has 2 aromatic rings. The number of rotatable bonds is 5. The first-order valence-corrected chi connectivity index (χ1v) is 11.7. The molecule has 35 heavy (non-hydrogen) atoms. The van der Waals surface area contributed by atoms with Gasteiger partial charge in [-0.25, -0.2) is 0 Å². The maximum absolute atomic E-state index is 13.4. The lowest BCUT2D eigenvalue weighted by Gasteiger charge is -2.21. The second kappa shape index (κ2) is 9.78. The fourth-order valence-corrected chi connectivity index (χ4v) is 4.08. The summed E-state index contributed by atoms with van der Waals surface area (Å²) >= 11 is 0.